The average molecular weight is 430 g/mol. The molecule has 0 aliphatic rings. The van der Waals surface area contributed by atoms with Crippen LogP contribution in [0.2, 0.25) is 0 Å². The second kappa shape index (κ2) is 11.7. The molecule has 0 aromatic heterocycles. The third-order valence-electron chi connectivity index (χ3n) is 5.24. The molecule has 0 amide bonds. The first-order valence-corrected chi connectivity index (χ1v) is 12.5. The second-order valence-corrected chi connectivity index (χ2v) is 11.1. The number of benzene rings is 2. The third kappa shape index (κ3) is 6.05. The maximum absolute atomic E-state index is 6.47. The number of oxime groups is 1. The Labute approximate surface area is 183 Å². The molecule has 0 fully saturated rings. The number of ether oxygens (including phenoxy) is 2. The van der Waals surface area contributed by atoms with Gasteiger partial charge in [-0.15, -0.1) is 0 Å². The van der Waals surface area contributed by atoms with Gasteiger partial charge >= 0.3 is 0 Å². The normalized spacial score (nSPS) is 12.5. The molecule has 4 nitrogen and oxygen atoms in total. The van der Waals surface area contributed by atoms with Gasteiger partial charge in [-0.3, -0.25) is 0 Å². The highest BCUT2D eigenvalue weighted by molar-refractivity contribution is 8.33. The summed E-state index contributed by atoms with van der Waals surface area (Å²) < 4.78 is 12.3. The van der Waals surface area contributed by atoms with E-state index in [0.29, 0.717) is 12.5 Å². The molecule has 0 radical (unpaired) electrons. The van der Waals surface area contributed by atoms with E-state index in [2.05, 4.69) is 69.2 Å². The van der Waals surface area contributed by atoms with E-state index in [1.54, 1.807) is 13.3 Å². The smallest absolute Gasteiger partial charge is 0.126 e. The van der Waals surface area contributed by atoms with E-state index < -0.39 is 10.0 Å². The molecule has 5 heteroatoms. The number of aryl methyl sites for hydroxylation is 2. The van der Waals surface area contributed by atoms with Crippen LogP contribution < -0.4 is 9.47 Å². The van der Waals surface area contributed by atoms with Crippen LogP contribution in [0, 0.1) is 13.8 Å². The minimum absolute atomic E-state index is 0.583. The summed E-state index contributed by atoms with van der Waals surface area (Å²) in [5.41, 5.74) is 3.25. The van der Waals surface area contributed by atoms with Gasteiger partial charge in [0.05, 0.1) is 6.21 Å². The van der Waals surface area contributed by atoms with Crippen LogP contribution in [0.15, 0.2) is 58.6 Å². The Morgan fingerprint density at radius 2 is 1.60 bits per heavy atom. The molecule has 0 bridgehead atoms. The average Bonchev–Trinajstić information content (AvgIpc) is 2.75. The topological polar surface area (TPSA) is 40.0 Å². The fourth-order valence-corrected chi connectivity index (χ4v) is 5.96. The molecule has 0 heterocycles. The Morgan fingerprint density at radius 3 is 2.13 bits per heavy atom. The van der Waals surface area contributed by atoms with E-state index in [1.165, 1.54) is 4.90 Å². The summed E-state index contributed by atoms with van der Waals surface area (Å²) >= 11 is 0. The van der Waals surface area contributed by atoms with Crippen LogP contribution in [0.25, 0.3) is 0 Å². The molecule has 30 heavy (non-hydrogen) atoms. The minimum atomic E-state index is -1.09. The summed E-state index contributed by atoms with van der Waals surface area (Å²) in [5, 5.41) is 3.84. The van der Waals surface area contributed by atoms with Crippen molar-refractivity contribution in [3.05, 3.63) is 65.2 Å². The van der Waals surface area contributed by atoms with Crippen molar-refractivity contribution in [1.82, 2.24) is 0 Å². The van der Waals surface area contributed by atoms with Gasteiger partial charge in [-0.25, -0.2) is 0 Å². The number of hydrogen-bond acceptors (Lipinski definition) is 4. The molecule has 0 atom stereocenters. The highest BCUT2D eigenvalue weighted by Crippen LogP contribution is 2.55. The molecule has 0 saturated carbocycles. The highest BCUT2D eigenvalue weighted by atomic mass is 32.3. The number of nitrogens with zero attached hydrogens (tertiary/aromatic N) is 1. The molecule has 2 aromatic rings. The number of rotatable bonds is 11. The van der Waals surface area contributed by atoms with E-state index in [9.17, 15) is 0 Å². The first-order valence-electron chi connectivity index (χ1n) is 10.4. The van der Waals surface area contributed by atoms with Crippen LogP contribution in [0.3, 0.4) is 0 Å². The van der Waals surface area contributed by atoms with Gasteiger partial charge in [0.25, 0.3) is 0 Å². The zero-order valence-electron chi connectivity index (χ0n) is 19.1. The van der Waals surface area contributed by atoms with Gasteiger partial charge in [-0.2, -0.15) is 10.0 Å². The van der Waals surface area contributed by atoms with Crippen molar-refractivity contribution in [2.45, 2.75) is 39.5 Å². The molecule has 2 aromatic carbocycles. The molecular weight excluding hydrogens is 394 g/mol. The molecule has 0 N–H and O–H groups in total. The van der Waals surface area contributed by atoms with Crippen LogP contribution in [0.4, 0.5) is 0 Å². The molecule has 164 valence electrons. The lowest BCUT2D eigenvalue weighted by Gasteiger charge is -2.38. The van der Waals surface area contributed by atoms with Gasteiger partial charge in [0, 0.05) is 0 Å². The standard InChI is InChI=1S/C25H35NO3S/c1-7-10-15-28-23-16-20(4)25(21(5)17-23)29-19-30(8-2,9-3)24-13-11-22(12-14-24)18-26-27-6/h7,10-14,16-18H,8-9,15,19H2,1-6H3/b10-7+,26-18+. The van der Waals surface area contributed by atoms with Crippen molar-refractivity contribution in [2.24, 2.45) is 5.16 Å². The number of hydrogen-bond donors (Lipinski definition) is 0. The quantitative estimate of drug-likeness (QED) is 0.233. The summed E-state index contributed by atoms with van der Waals surface area (Å²) in [5.74, 6) is 4.73. The summed E-state index contributed by atoms with van der Waals surface area (Å²) in [6.07, 6.45) is 5.72. The molecular formula is C25H35NO3S. The predicted octanol–water partition coefficient (Wildman–Crippen LogP) is 6.48. The monoisotopic (exact) mass is 429 g/mol. The van der Waals surface area contributed by atoms with Gasteiger partial charge in [0.1, 0.15) is 31.2 Å². The van der Waals surface area contributed by atoms with Crippen molar-refractivity contribution in [1.29, 1.82) is 0 Å². The van der Waals surface area contributed by atoms with Gasteiger partial charge in [0.15, 0.2) is 0 Å². The summed E-state index contributed by atoms with van der Waals surface area (Å²) in [6, 6.07) is 12.7. The van der Waals surface area contributed by atoms with E-state index in [4.69, 9.17) is 14.3 Å². The second-order valence-electron chi connectivity index (χ2n) is 7.14. The Bertz CT molecular complexity index is 832. The zero-order chi connectivity index (χ0) is 22.0. The Hall–Kier alpha value is -2.40. The minimum Gasteiger partial charge on any atom is -0.490 e. The van der Waals surface area contributed by atoms with Gasteiger partial charge in [-0.05, 0) is 78.1 Å². The van der Waals surface area contributed by atoms with E-state index in [1.807, 2.05) is 19.1 Å². The zero-order valence-corrected chi connectivity index (χ0v) is 19.9. The van der Waals surface area contributed by atoms with Crippen molar-refractivity contribution in [2.75, 3.05) is 31.2 Å². The molecule has 0 saturated heterocycles. The molecule has 0 aliphatic heterocycles. The van der Waals surface area contributed by atoms with Crippen LogP contribution in [-0.2, 0) is 4.84 Å². The first kappa shape index (κ1) is 23.9. The van der Waals surface area contributed by atoms with E-state index in [0.717, 1.165) is 39.7 Å². The lowest BCUT2D eigenvalue weighted by Crippen LogP contribution is -2.16. The van der Waals surface area contributed by atoms with Crippen molar-refractivity contribution in [3.8, 4) is 11.5 Å². The highest BCUT2D eigenvalue weighted by Gasteiger charge is 2.24. The number of allylic oxidation sites excluding steroid dienone is 1. The molecule has 0 unspecified atom stereocenters. The van der Waals surface area contributed by atoms with Gasteiger partial charge in [0.2, 0.25) is 0 Å². The Kier molecular flexibility index (Phi) is 9.31. The van der Waals surface area contributed by atoms with Crippen molar-refractivity contribution < 1.29 is 14.3 Å². The lowest BCUT2D eigenvalue weighted by atomic mass is 10.1. The summed E-state index contributed by atoms with van der Waals surface area (Å²) in [7, 11) is 0.466. The van der Waals surface area contributed by atoms with Crippen LogP contribution in [-0.4, -0.2) is 37.4 Å². The summed E-state index contributed by atoms with van der Waals surface area (Å²) in [6.45, 7) is 11.3. The lowest BCUT2D eigenvalue weighted by molar-refractivity contribution is 0.215. The fraction of sp³-hybridized carbons (Fsp3) is 0.400. The van der Waals surface area contributed by atoms with Gasteiger partial charge in [-0.1, -0.05) is 43.3 Å². The van der Waals surface area contributed by atoms with Crippen molar-refractivity contribution in [3.63, 3.8) is 0 Å². The predicted molar refractivity (Wildman–Crippen MR) is 130 cm³/mol. The van der Waals surface area contributed by atoms with E-state index >= 15 is 0 Å². The molecule has 0 spiro atoms. The fourth-order valence-electron chi connectivity index (χ4n) is 3.36. The van der Waals surface area contributed by atoms with E-state index in [-0.39, 0.29) is 0 Å². The molecule has 0 aliphatic carbocycles. The van der Waals surface area contributed by atoms with Crippen LogP contribution in [0.1, 0.15) is 37.5 Å². The van der Waals surface area contributed by atoms with Gasteiger partial charge < -0.3 is 14.3 Å². The first-order chi connectivity index (χ1) is 14.5. The SMILES string of the molecule is C/C=C/COc1cc(C)c(OCS(CC)(CC)c2ccc(/C=N/OC)cc2)c(C)c1. The largest absolute Gasteiger partial charge is 0.490 e. The Balaban J connectivity index is 2.20. The van der Waals surface area contributed by atoms with Crippen LogP contribution in [0.5, 0.6) is 11.5 Å². The van der Waals surface area contributed by atoms with Crippen molar-refractivity contribution >= 4 is 16.2 Å². The third-order valence-corrected chi connectivity index (χ3v) is 9.29. The molecule has 2 rings (SSSR count). The van der Waals surface area contributed by atoms with Crippen LogP contribution >= 0.6 is 10.0 Å². The Morgan fingerprint density at radius 1 is 0.967 bits per heavy atom. The maximum atomic E-state index is 6.47. The maximum Gasteiger partial charge on any atom is 0.126 e. The summed E-state index contributed by atoms with van der Waals surface area (Å²) in [4.78, 5) is 6.14.